The molecule has 0 aliphatic heterocycles. The predicted octanol–water partition coefficient (Wildman–Crippen LogP) is 6.85. The third kappa shape index (κ3) is 17.1. The maximum absolute atomic E-state index is 11.8. The summed E-state index contributed by atoms with van der Waals surface area (Å²) in [5.41, 5.74) is 0. The summed E-state index contributed by atoms with van der Waals surface area (Å²) in [7, 11) is 0. The zero-order valence-electron chi connectivity index (χ0n) is 19.1. The minimum atomic E-state index is -0.0415. The molecule has 0 aliphatic carbocycles. The van der Waals surface area contributed by atoms with Gasteiger partial charge >= 0.3 is 11.9 Å². The number of rotatable bonds is 19. The topological polar surface area (TPSA) is 52.6 Å². The second-order valence-corrected chi connectivity index (χ2v) is 8.37. The SMILES string of the molecule is CCCOC(=O)CCCCCCCCCCCC(CC(=O)OCCC)C(C)C. The Balaban J connectivity index is 3.53. The van der Waals surface area contributed by atoms with Crippen molar-refractivity contribution in [1.29, 1.82) is 0 Å². The van der Waals surface area contributed by atoms with Crippen LogP contribution in [0.1, 0.15) is 118 Å². The van der Waals surface area contributed by atoms with E-state index in [0.29, 0.717) is 37.9 Å². The maximum atomic E-state index is 11.8. The molecule has 0 fully saturated rings. The average molecular weight is 399 g/mol. The summed E-state index contributed by atoms with van der Waals surface area (Å²) in [5.74, 6) is 0.918. The van der Waals surface area contributed by atoms with Gasteiger partial charge in [0.2, 0.25) is 0 Å². The van der Waals surface area contributed by atoms with E-state index < -0.39 is 0 Å². The van der Waals surface area contributed by atoms with Gasteiger partial charge in [-0.25, -0.2) is 0 Å². The quantitative estimate of drug-likeness (QED) is 0.176. The lowest BCUT2D eigenvalue weighted by Crippen LogP contribution is -2.16. The first-order valence-electron chi connectivity index (χ1n) is 11.8. The van der Waals surface area contributed by atoms with Crippen molar-refractivity contribution in [2.45, 2.75) is 118 Å². The van der Waals surface area contributed by atoms with Gasteiger partial charge in [0, 0.05) is 12.8 Å². The molecule has 1 unspecified atom stereocenters. The Morgan fingerprint density at radius 3 is 1.64 bits per heavy atom. The van der Waals surface area contributed by atoms with Gasteiger partial charge in [0.15, 0.2) is 0 Å². The van der Waals surface area contributed by atoms with Gasteiger partial charge in [-0.2, -0.15) is 0 Å². The molecule has 0 aromatic rings. The second-order valence-electron chi connectivity index (χ2n) is 8.37. The molecule has 0 radical (unpaired) electrons. The van der Waals surface area contributed by atoms with Crippen LogP contribution in [-0.2, 0) is 19.1 Å². The van der Waals surface area contributed by atoms with Crippen LogP contribution in [-0.4, -0.2) is 25.2 Å². The van der Waals surface area contributed by atoms with Gasteiger partial charge in [-0.05, 0) is 37.5 Å². The highest BCUT2D eigenvalue weighted by atomic mass is 16.5. The molecule has 0 N–H and O–H groups in total. The molecule has 0 heterocycles. The molecule has 0 amide bonds. The zero-order valence-corrected chi connectivity index (χ0v) is 19.1. The molecule has 28 heavy (non-hydrogen) atoms. The number of carbonyl (C=O) groups excluding carboxylic acids is 2. The van der Waals surface area contributed by atoms with E-state index in [0.717, 1.165) is 32.1 Å². The number of carbonyl (C=O) groups is 2. The Labute approximate surface area is 174 Å². The van der Waals surface area contributed by atoms with Crippen LogP contribution < -0.4 is 0 Å². The van der Waals surface area contributed by atoms with E-state index >= 15 is 0 Å². The average Bonchev–Trinajstić information content (AvgIpc) is 2.67. The van der Waals surface area contributed by atoms with Crippen molar-refractivity contribution in [3.05, 3.63) is 0 Å². The van der Waals surface area contributed by atoms with Crippen LogP contribution in [0.5, 0.6) is 0 Å². The third-order valence-electron chi connectivity index (χ3n) is 5.26. The number of hydrogen-bond acceptors (Lipinski definition) is 4. The van der Waals surface area contributed by atoms with Crippen molar-refractivity contribution in [2.75, 3.05) is 13.2 Å². The standard InChI is InChI=1S/C24H46O4/c1-5-18-27-23(25)17-15-13-11-9-7-8-10-12-14-16-22(21(3)4)20-24(26)28-19-6-2/h21-22H,5-20H2,1-4H3. The fourth-order valence-electron chi connectivity index (χ4n) is 3.36. The Hall–Kier alpha value is -1.06. The highest BCUT2D eigenvalue weighted by Gasteiger charge is 2.18. The molecule has 0 aromatic heterocycles. The van der Waals surface area contributed by atoms with Crippen molar-refractivity contribution in [1.82, 2.24) is 0 Å². The molecule has 0 aliphatic rings. The normalized spacial score (nSPS) is 12.2. The zero-order chi connectivity index (χ0) is 21.0. The molecule has 0 saturated carbocycles. The molecule has 166 valence electrons. The van der Waals surface area contributed by atoms with Gasteiger partial charge in [-0.3, -0.25) is 9.59 Å². The van der Waals surface area contributed by atoms with Gasteiger partial charge in [-0.1, -0.05) is 79.1 Å². The lowest BCUT2D eigenvalue weighted by Gasteiger charge is -2.20. The predicted molar refractivity (Wildman–Crippen MR) is 116 cm³/mol. The molecule has 0 bridgehead atoms. The van der Waals surface area contributed by atoms with E-state index in [4.69, 9.17) is 9.47 Å². The molecule has 0 aromatic carbocycles. The molecule has 0 saturated heterocycles. The highest BCUT2D eigenvalue weighted by molar-refractivity contribution is 5.69. The molecule has 4 heteroatoms. The van der Waals surface area contributed by atoms with Gasteiger partial charge in [0.05, 0.1) is 13.2 Å². The number of ether oxygens (including phenoxy) is 2. The molecule has 1 atom stereocenters. The summed E-state index contributed by atoms with van der Waals surface area (Å²) in [4.78, 5) is 23.2. The van der Waals surface area contributed by atoms with Crippen molar-refractivity contribution < 1.29 is 19.1 Å². The lowest BCUT2D eigenvalue weighted by molar-refractivity contribution is -0.145. The summed E-state index contributed by atoms with van der Waals surface area (Å²) in [6.45, 7) is 9.56. The van der Waals surface area contributed by atoms with Crippen LogP contribution in [0, 0.1) is 11.8 Å². The summed E-state index contributed by atoms with van der Waals surface area (Å²) >= 11 is 0. The van der Waals surface area contributed by atoms with Gasteiger partial charge in [-0.15, -0.1) is 0 Å². The Kier molecular flexibility index (Phi) is 18.5. The summed E-state index contributed by atoms with van der Waals surface area (Å²) in [6.07, 6.45) is 15.0. The van der Waals surface area contributed by atoms with Crippen LogP contribution >= 0.6 is 0 Å². The molecule has 4 nitrogen and oxygen atoms in total. The highest BCUT2D eigenvalue weighted by Crippen LogP contribution is 2.23. The third-order valence-corrected chi connectivity index (χ3v) is 5.26. The number of esters is 2. The monoisotopic (exact) mass is 398 g/mol. The van der Waals surface area contributed by atoms with Crippen molar-refractivity contribution in [3.8, 4) is 0 Å². The first-order valence-corrected chi connectivity index (χ1v) is 11.8. The fourth-order valence-corrected chi connectivity index (χ4v) is 3.36. The van der Waals surface area contributed by atoms with Gasteiger partial charge in [0.1, 0.15) is 0 Å². The molecule has 0 rings (SSSR count). The second kappa shape index (κ2) is 19.3. The molecular weight excluding hydrogens is 352 g/mol. The van der Waals surface area contributed by atoms with E-state index in [9.17, 15) is 9.59 Å². The van der Waals surface area contributed by atoms with Crippen molar-refractivity contribution in [3.63, 3.8) is 0 Å². The van der Waals surface area contributed by atoms with E-state index in [1.807, 2.05) is 13.8 Å². The van der Waals surface area contributed by atoms with Crippen LogP contribution in [0.3, 0.4) is 0 Å². The van der Waals surface area contributed by atoms with Gasteiger partial charge < -0.3 is 9.47 Å². The van der Waals surface area contributed by atoms with E-state index in [2.05, 4.69) is 13.8 Å². The smallest absolute Gasteiger partial charge is 0.306 e. The lowest BCUT2D eigenvalue weighted by atomic mass is 9.87. The maximum Gasteiger partial charge on any atom is 0.306 e. The fraction of sp³-hybridized carbons (Fsp3) is 0.917. The van der Waals surface area contributed by atoms with Crippen LogP contribution in [0.15, 0.2) is 0 Å². The van der Waals surface area contributed by atoms with Crippen molar-refractivity contribution in [2.24, 2.45) is 11.8 Å². The molecule has 0 spiro atoms. The van der Waals surface area contributed by atoms with Crippen molar-refractivity contribution >= 4 is 11.9 Å². The van der Waals surface area contributed by atoms with E-state index in [1.165, 1.54) is 44.9 Å². The Bertz CT molecular complexity index is 379. The Morgan fingerprint density at radius 2 is 1.14 bits per heavy atom. The first-order chi connectivity index (χ1) is 13.5. The van der Waals surface area contributed by atoms with Crippen LogP contribution in [0.4, 0.5) is 0 Å². The summed E-state index contributed by atoms with van der Waals surface area (Å²) < 4.78 is 10.3. The summed E-state index contributed by atoms with van der Waals surface area (Å²) in [5, 5.41) is 0. The number of hydrogen-bond donors (Lipinski definition) is 0. The minimum absolute atomic E-state index is 0.0285. The number of unbranched alkanes of at least 4 members (excludes halogenated alkanes) is 8. The summed E-state index contributed by atoms with van der Waals surface area (Å²) in [6, 6.07) is 0. The van der Waals surface area contributed by atoms with Gasteiger partial charge in [0.25, 0.3) is 0 Å². The first kappa shape index (κ1) is 26.9. The van der Waals surface area contributed by atoms with Crippen LogP contribution in [0.25, 0.3) is 0 Å². The largest absolute Gasteiger partial charge is 0.466 e. The minimum Gasteiger partial charge on any atom is -0.466 e. The Morgan fingerprint density at radius 1 is 0.679 bits per heavy atom. The van der Waals surface area contributed by atoms with E-state index in [-0.39, 0.29) is 11.9 Å². The van der Waals surface area contributed by atoms with Crippen LogP contribution in [0.2, 0.25) is 0 Å². The van der Waals surface area contributed by atoms with E-state index in [1.54, 1.807) is 0 Å². The molecular formula is C24H46O4.